The Labute approximate surface area is 131 Å². The Hall–Kier alpha value is -0.330. The number of piperidine rings is 1. The van der Waals surface area contributed by atoms with E-state index in [4.69, 9.17) is 17.3 Å². The van der Waals surface area contributed by atoms with E-state index in [1.807, 2.05) is 0 Å². The molecule has 1 aliphatic rings. The molecule has 1 unspecified atom stereocenters. The van der Waals surface area contributed by atoms with E-state index in [1.54, 1.807) is 22.5 Å². The van der Waals surface area contributed by atoms with Gasteiger partial charge in [0, 0.05) is 18.1 Å². The van der Waals surface area contributed by atoms with Crippen LogP contribution >= 0.6 is 24.0 Å². The van der Waals surface area contributed by atoms with Gasteiger partial charge in [0.05, 0.1) is 4.90 Å². The summed E-state index contributed by atoms with van der Waals surface area (Å²) in [7, 11) is -3.43. The zero-order valence-electron chi connectivity index (χ0n) is 11.2. The highest BCUT2D eigenvalue weighted by atomic mass is 35.5. The van der Waals surface area contributed by atoms with Gasteiger partial charge in [0.25, 0.3) is 0 Å². The highest BCUT2D eigenvalue weighted by Gasteiger charge is 2.29. The normalized spacial score (nSPS) is 20.4. The van der Waals surface area contributed by atoms with Crippen LogP contribution in [0.3, 0.4) is 0 Å². The summed E-state index contributed by atoms with van der Waals surface area (Å²) in [5.74, 6) is 0.368. The molecular weight excluding hydrogens is 319 g/mol. The van der Waals surface area contributed by atoms with Gasteiger partial charge in [-0.3, -0.25) is 0 Å². The van der Waals surface area contributed by atoms with Crippen LogP contribution in [0.2, 0.25) is 5.02 Å². The van der Waals surface area contributed by atoms with Crippen molar-refractivity contribution in [1.82, 2.24) is 4.31 Å². The molecule has 1 aromatic carbocycles. The predicted octanol–water partition coefficient (Wildman–Crippen LogP) is 2.51. The summed E-state index contributed by atoms with van der Waals surface area (Å²) in [6, 6.07) is 6.43. The van der Waals surface area contributed by atoms with E-state index in [1.165, 1.54) is 6.07 Å². The van der Waals surface area contributed by atoms with E-state index in [-0.39, 0.29) is 17.3 Å². The van der Waals surface area contributed by atoms with Crippen molar-refractivity contribution >= 4 is 34.0 Å². The Bertz CT molecular complexity index is 535. The van der Waals surface area contributed by atoms with Gasteiger partial charge in [-0.2, -0.15) is 4.31 Å². The summed E-state index contributed by atoms with van der Waals surface area (Å²) in [6.07, 6.45) is 2.82. The molecule has 1 atom stereocenters. The molecule has 0 saturated carbocycles. The maximum atomic E-state index is 12.5. The van der Waals surface area contributed by atoms with E-state index >= 15 is 0 Å². The largest absolute Gasteiger partial charge is 0.330 e. The molecule has 0 spiro atoms. The molecule has 0 amide bonds. The van der Waals surface area contributed by atoms with E-state index < -0.39 is 10.0 Å². The second kappa shape index (κ2) is 7.61. The van der Waals surface area contributed by atoms with Gasteiger partial charge in [0.2, 0.25) is 10.0 Å². The Balaban J connectivity index is 0.00000200. The molecule has 4 nitrogen and oxygen atoms in total. The van der Waals surface area contributed by atoms with Crippen LogP contribution in [-0.2, 0) is 10.0 Å². The summed E-state index contributed by atoms with van der Waals surface area (Å²) in [5.41, 5.74) is 5.56. The first kappa shape index (κ1) is 17.7. The fourth-order valence-electron chi connectivity index (χ4n) is 2.49. The first-order chi connectivity index (χ1) is 9.04. The third-order valence-corrected chi connectivity index (χ3v) is 5.59. The van der Waals surface area contributed by atoms with Crippen molar-refractivity contribution in [3.8, 4) is 0 Å². The Morgan fingerprint density at radius 1 is 1.40 bits per heavy atom. The first-order valence-corrected chi connectivity index (χ1v) is 8.31. The molecular formula is C13H20Cl2N2O2S. The lowest BCUT2D eigenvalue weighted by atomic mass is 9.96. The van der Waals surface area contributed by atoms with Crippen molar-refractivity contribution < 1.29 is 8.42 Å². The standard InChI is InChI=1S/C13H19ClN2O2S.ClH/c14-12-4-1-5-13(9-12)19(17,18)16-8-2-3-11(10-16)6-7-15;/h1,4-5,9,11H,2-3,6-8,10,15H2;1H. The van der Waals surface area contributed by atoms with Crippen molar-refractivity contribution in [2.45, 2.75) is 24.2 Å². The fourth-order valence-corrected chi connectivity index (χ4v) is 4.35. The van der Waals surface area contributed by atoms with Crippen LogP contribution in [0.15, 0.2) is 29.2 Å². The molecule has 2 N–H and O–H groups in total. The smallest absolute Gasteiger partial charge is 0.243 e. The highest BCUT2D eigenvalue weighted by molar-refractivity contribution is 7.89. The molecule has 0 radical (unpaired) electrons. The van der Waals surface area contributed by atoms with Crippen molar-refractivity contribution in [3.63, 3.8) is 0 Å². The van der Waals surface area contributed by atoms with E-state index in [9.17, 15) is 8.42 Å². The van der Waals surface area contributed by atoms with Crippen molar-refractivity contribution in [3.05, 3.63) is 29.3 Å². The Morgan fingerprint density at radius 2 is 2.15 bits per heavy atom. The number of hydrogen-bond acceptors (Lipinski definition) is 3. The van der Waals surface area contributed by atoms with Gasteiger partial charge in [-0.15, -0.1) is 12.4 Å². The van der Waals surface area contributed by atoms with Crippen molar-refractivity contribution in [1.29, 1.82) is 0 Å². The maximum Gasteiger partial charge on any atom is 0.243 e. The molecule has 1 heterocycles. The molecule has 1 fully saturated rings. The number of rotatable bonds is 4. The molecule has 114 valence electrons. The quantitative estimate of drug-likeness (QED) is 0.917. The molecule has 0 aromatic heterocycles. The third-order valence-electron chi connectivity index (χ3n) is 3.49. The average Bonchev–Trinajstić information content (AvgIpc) is 2.39. The van der Waals surface area contributed by atoms with Gasteiger partial charge < -0.3 is 5.73 Å². The molecule has 0 aliphatic carbocycles. The molecule has 1 aromatic rings. The predicted molar refractivity (Wildman–Crippen MR) is 83.9 cm³/mol. The van der Waals surface area contributed by atoms with Gasteiger partial charge in [-0.1, -0.05) is 17.7 Å². The van der Waals surface area contributed by atoms with Gasteiger partial charge >= 0.3 is 0 Å². The molecule has 2 rings (SSSR count). The minimum atomic E-state index is -3.43. The van der Waals surface area contributed by atoms with Crippen LogP contribution in [0.1, 0.15) is 19.3 Å². The van der Waals surface area contributed by atoms with Gasteiger partial charge in [-0.25, -0.2) is 8.42 Å². The monoisotopic (exact) mass is 338 g/mol. The number of nitrogens with zero attached hydrogens (tertiary/aromatic N) is 1. The average molecular weight is 339 g/mol. The van der Waals surface area contributed by atoms with Gasteiger partial charge in [0.1, 0.15) is 0 Å². The van der Waals surface area contributed by atoms with Crippen LogP contribution in [-0.4, -0.2) is 32.4 Å². The molecule has 7 heteroatoms. The highest BCUT2D eigenvalue weighted by Crippen LogP contribution is 2.26. The fraction of sp³-hybridized carbons (Fsp3) is 0.538. The van der Waals surface area contributed by atoms with Crippen molar-refractivity contribution in [2.24, 2.45) is 11.7 Å². The molecule has 20 heavy (non-hydrogen) atoms. The SMILES string of the molecule is Cl.NCCC1CCCN(S(=O)(=O)c2cccc(Cl)c2)C1. The van der Waals surface area contributed by atoms with Crippen LogP contribution < -0.4 is 5.73 Å². The number of benzene rings is 1. The molecule has 1 aliphatic heterocycles. The first-order valence-electron chi connectivity index (χ1n) is 6.50. The second-order valence-electron chi connectivity index (χ2n) is 4.91. The number of nitrogens with two attached hydrogens (primary N) is 1. The zero-order chi connectivity index (χ0) is 13.9. The van der Waals surface area contributed by atoms with E-state index in [2.05, 4.69) is 0 Å². The van der Waals surface area contributed by atoms with E-state index in [0.29, 0.717) is 30.6 Å². The number of sulfonamides is 1. The summed E-state index contributed by atoms with van der Waals surface area (Å²) >= 11 is 5.87. The number of halogens is 2. The molecule has 1 saturated heterocycles. The molecule has 0 bridgehead atoms. The minimum absolute atomic E-state index is 0. The van der Waals surface area contributed by atoms with Gasteiger partial charge in [0.15, 0.2) is 0 Å². The summed E-state index contributed by atoms with van der Waals surface area (Å²) in [6.45, 7) is 1.75. The van der Waals surface area contributed by atoms with Gasteiger partial charge in [-0.05, 0) is 49.9 Å². The lowest BCUT2D eigenvalue weighted by Gasteiger charge is -2.31. The van der Waals surface area contributed by atoms with Crippen LogP contribution in [0, 0.1) is 5.92 Å². The van der Waals surface area contributed by atoms with Crippen LogP contribution in [0.5, 0.6) is 0 Å². The third kappa shape index (κ3) is 4.09. The summed E-state index contributed by atoms with van der Waals surface area (Å²) < 4.78 is 26.6. The summed E-state index contributed by atoms with van der Waals surface area (Å²) in [5, 5.41) is 0.441. The Morgan fingerprint density at radius 3 is 2.80 bits per heavy atom. The second-order valence-corrected chi connectivity index (χ2v) is 7.28. The maximum absolute atomic E-state index is 12.5. The Kier molecular flexibility index (Phi) is 6.75. The topological polar surface area (TPSA) is 63.4 Å². The lowest BCUT2D eigenvalue weighted by Crippen LogP contribution is -2.40. The van der Waals surface area contributed by atoms with E-state index in [0.717, 1.165) is 19.3 Å². The zero-order valence-corrected chi connectivity index (χ0v) is 13.6. The number of hydrogen-bond donors (Lipinski definition) is 1. The minimum Gasteiger partial charge on any atom is -0.330 e. The summed E-state index contributed by atoms with van der Waals surface area (Å²) in [4.78, 5) is 0.272. The van der Waals surface area contributed by atoms with Crippen molar-refractivity contribution in [2.75, 3.05) is 19.6 Å². The van der Waals surface area contributed by atoms with Crippen LogP contribution in [0.4, 0.5) is 0 Å². The van der Waals surface area contributed by atoms with Crippen LogP contribution in [0.25, 0.3) is 0 Å². The lowest BCUT2D eigenvalue weighted by molar-refractivity contribution is 0.258.